The van der Waals surface area contributed by atoms with Crippen LogP contribution in [0.25, 0.3) is 0 Å². The summed E-state index contributed by atoms with van der Waals surface area (Å²) in [6.07, 6.45) is 3.65. The number of carbonyl (C=O) groups is 1. The van der Waals surface area contributed by atoms with Gasteiger partial charge in [-0.2, -0.15) is 0 Å². The van der Waals surface area contributed by atoms with Crippen LogP contribution in [-0.4, -0.2) is 5.78 Å². The predicted molar refractivity (Wildman–Crippen MR) is 71.0 cm³/mol. The highest BCUT2D eigenvalue weighted by molar-refractivity contribution is 5.96. The molecule has 1 saturated carbocycles. The maximum Gasteiger partial charge on any atom is 0.166 e. The quantitative estimate of drug-likeness (QED) is 0.730. The third-order valence-electron chi connectivity index (χ3n) is 4.55. The van der Waals surface area contributed by atoms with Gasteiger partial charge in [0.25, 0.3) is 0 Å². The largest absolute Gasteiger partial charge is 0.294 e. The minimum Gasteiger partial charge on any atom is -0.294 e. The summed E-state index contributed by atoms with van der Waals surface area (Å²) in [7, 11) is 0. The van der Waals surface area contributed by atoms with Crippen LogP contribution >= 0.6 is 0 Å². The van der Waals surface area contributed by atoms with Crippen molar-refractivity contribution in [1.82, 2.24) is 0 Å². The molecule has 2 rings (SSSR count). The van der Waals surface area contributed by atoms with E-state index in [1.807, 2.05) is 0 Å². The van der Waals surface area contributed by atoms with E-state index in [9.17, 15) is 13.6 Å². The molecule has 0 N–H and O–H groups in total. The van der Waals surface area contributed by atoms with Crippen LogP contribution in [0, 0.1) is 29.4 Å². The summed E-state index contributed by atoms with van der Waals surface area (Å²) in [5.41, 5.74) is -0.106. The first-order valence-electron chi connectivity index (χ1n) is 6.97. The number of benzene rings is 1. The number of hydrogen-bond acceptors (Lipinski definition) is 1. The first kappa shape index (κ1) is 14.2. The van der Waals surface area contributed by atoms with E-state index >= 15 is 0 Å². The fraction of sp³-hybridized carbons (Fsp3) is 0.562. The second-order valence-electron chi connectivity index (χ2n) is 5.78. The predicted octanol–water partition coefficient (Wildman–Crippen LogP) is 4.61. The summed E-state index contributed by atoms with van der Waals surface area (Å²) in [6.45, 7) is 4.35. The van der Waals surface area contributed by atoms with Crippen molar-refractivity contribution in [2.24, 2.45) is 17.8 Å². The van der Waals surface area contributed by atoms with E-state index in [-0.39, 0.29) is 11.3 Å². The fourth-order valence-corrected chi connectivity index (χ4v) is 3.04. The van der Waals surface area contributed by atoms with Gasteiger partial charge < -0.3 is 0 Å². The Morgan fingerprint density at radius 2 is 2.00 bits per heavy atom. The Bertz CT molecular complexity index is 470. The second-order valence-corrected chi connectivity index (χ2v) is 5.78. The molecule has 0 heterocycles. The Labute approximate surface area is 113 Å². The van der Waals surface area contributed by atoms with Crippen LogP contribution in [0.5, 0.6) is 0 Å². The molecular formula is C16H20F2O. The zero-order valence-corrected chi connectivity index (χ0v) is 11.5. The first-order valence-corrected chi connectivity index (χ1v) is 6.97. The summed E-state index contributed by atoms with van der Waals surface area (Å²) in [5.74, 6) is -0.0992. The van der Waals surface area contributed by atoms with Gasteiger partial charge in [-0.05, 0) is 42.4 Å². The van der Waals surface area contributed by atoms with Crippen LogP contribution in [-0.2, 0) is 0 Å². The summed E-state index contributed by atoms with van der Waals surface area (Å²) in [5, 5.41) is 0. The van der Waals surface area contributed by atoms with E-state index in [0.717, 1.165) is 31.0 Å². The molecule has 3 heteroatoms. The van der Waals surface area contributed by atoms with E-state index in [2.05, 4.69) is 13.8 Å². The van der Waals surface area contributed by atoms with Gasteiger partial charge >= 0.3 is 0 Å². The van der Waals surface area contributed by atoms with Gasteiger partial charge in [0.2, 0.25) is 0 Å². The highest BCUT2D eigenvalue weighted by Crippen LogP contribution is 2.36. The molecule has 19 heavy (non-hydrogen) atoms. The summed E-state index contributed by atoms with van der Waals surface area (Å²) in [4.78, 5) is 12.1. The molecular weight excluding hydrogens is 246 g/mol. The van der Waals surface area contributed by atoms with E-state index in [1.54, 1.807) is 0 Å². The van der Waals surface area contributed by atoms with Gasteiger partial charge in [0.05, 0.1) is 5.56 Å². The van der Waals surface area contributed by atoms with E-state index in [4.69, 9.17) is 0 Å². The number of Topliss-reactive ketones (excluding diaryl/α,β-unsaturated/α-hetero) is 1. The number of ketones is 1. The molecule has 0 amide bonds. The van der Waals surface area contributed by atoms with Crippen molar-refractivity contribution < 1.29 is 13.6 Å². The molecule has 1 aromatic rings. The lowest BCUT2D eigenvalue weighted by Crippen LogP contribution is -2.26. The van der Waals surface area contributed by atoms with E-state index < -0.39 is 11.6 Å². The Balaban J connectivity index is 2.10. The van der Waals surface area contributed by atoms with Crippen LogP contribution in [0.15, 0.2) is 18.2 Å². The van der Waals surface area contributed by atoms with E-state index in [1.165, 1.54) is 6.42 Å². The average molecular weight is 266 g/mol. The van der Waals surface area contributed by atoms with Crippen molar-refractivity contribution in [3.05, 3.63) is 35.4 Å². The summed E-state index contributed by atoms with van der Waals surface area (Å²) < 4.78 is 26.7. The van der Waals surface area contributed by atoms with Gasteiger partial charge in [-0.1, -0.05) is 26.7 Å². The summed E-state index contributed by atoms with van der Waals surface area (Å²) >= 11 is 0. The van der Waals surface area contributed by atoms with Crippen LogP contribution in [0.3, 0.4) is 0 Å². The molecule has 0 saturated heterocycles. The highest BCUT2D eigenvalue weighted by atomic mass is 19.1. The molecule has 0 aliphatic heterocycles. The molecule has 1 fully saturated rings. The Hall–Kier alpha value is -1.25. The minimum atomic E-state index is -0.622. The van der Waals surface area contributed by atoms with Crippen molar-refractivity contribution in [3.8, 4) is 0 Å². The maximum atomic E-state index is 13.6. The van der Waals surface area contributed by atoms with Crippen molar-refractivity contribution in [3.63, 3.8) is 0 Å². The zero-order chi connectivity index (χ0) is 14.0. The number of hydrogen-bond donors (Lipinski definition) is 0. The Morgan fingerprint density at radius 3 is 2.74 bits per heavy atom. The van der Waals surface area contributed by atoms with Gasteiger partial charge in [-0.25, -0.2) is 8.78 Å². The standard InChI is InChI=1S/C16H20F2O/c1-10-4-3-5-12(11(10)2)8-16(19)14-9-13(17)6-7-15(14)18/h6-7,9-12H,3-5,8H2,1-2H3. The maximum absolute atomic E-state index is 13.6. The molecule has 1 aromatic carbocycles. The van der Waals surface area contributed by atoms with Crippen molar-refractivity contribution in [2.75, 3.05) is 0 Å². The van der Waals surface area contributed by atoms with Crippen molar-refractivity contribution >= 4 is 5.78 Å². The molecule has 3 atom stereocenters. The monoisotopic (exact) mass is 266 g/mol. The van der Waals surface area contributed by atoms with Crippen molar-refractivity contribution in [1.29, 1.82) is 0 Å². The Kier molecular flexibility index (Phi) is 4.33. The molecule has 104 valence electrons. The molecule has 0 radical (unpaired) electrons. The van der Waals surface area contributed by atoms with Crippen LogP contribution in [0.1, 0.15) is 49.9 Å². The lowest BCUT2D eigenvalue weighted by molar-refractivity contribution is 0.0893. The zero-order valence-electron chi connectivity index (χ0n) is 11.5. The summed E-state index contributed by atoms with van der Waals surface area (Å²) in [6, 6.07) is 3.07. The number of halogens is 2. The lowest BCUT2D eigenvalue weighted by Gasteiger charge is -2.33. The molecule has 1 aliphatic carbocycles. The van der Waals surface area contributed by atoms with Gasteiger partial charge in [0.1, 0.15) is 11.6 Å². The third kappa shape index (κ3) is 3.20. The number of rotatable bonds is 3. The molecule has 0 spiro atoms. The van der Waals surface area contributed by atoms with Crippen LogP contribution in [0.2, 0.25) is 0 Å². The highest BCUT2D eigenvalue weighted by Gasteiger charge is 2.29. The molecule has 1 aliphatic rings. The van der Waals surface area contributed by atoms with Gasteiger partial charge in [-0.3, -0.25) is 4.79 Å². The van der Waals surface area contributed by atoms with Gasteiger partial charge in [0.15, 0.2) is 5.78 Å². The van der Waals surface area contributed by atoms with Crippen molar-refractivity contribution in [2.45, 2.75) is 39.5 Å². The van der Waals surface area contributed by atoms with E-state index in [0.29, 0.717) is 24.2 Å². The fourth-order valence-electron chi connectivity index (χ4n) is 3.04. The molecule has 0 bridgehead atoms. The smallest absolute Gasteiger partial charge is 0.166 e. The van der Waals surface area contributed by atoms with Crippen LogP contribution < -0.4 is 0 Å². The molecule has 0 aromatic heterocycles. The normalized spacial score (nSPS) is 27.3. The van der Waals surface area contributed by atoms with Gasteiger partial charge in [0, 0.05) is 6.42 Å². The Morgan fingerprint density at radius 1 is 1.26 bits per heavy atom. The third-order valence-corrected chi connectivity index (χ3v) is 4.55. The van der Waals surface area contributed by atoms with Gasteiger partial charge in [-0.15, -0.1) is 0 Å². The second kappa shape index (κ2) is 5.81. The lowest BCUT2D eigenvalue weighted by atomic mass is 9.71. The van der Waals surface area contributed by atoms with Crippen LogP contribution in [0.4, 0.5) is 8.78 Å². The molecule has 1 nitrogen and oxygen atoms in total. The topological polar surface area (TPSA) is 17.1 Å². The first-order chi connectivity index (χ1) is 8.99. The molecule has 3 unspecified atom stereocenters. The number of carbonyl (C=O) groups excluding carboxylic acids is 1. The SMILES string of the molecule is CC1CCCC(CC(=O)c2cc(F)ccc2F)C1C. The minimum absolute atomic E-state index is 0.106. The average Bonchev–Trinajstić information content (AvgIpc) is 2.38.